The second-order valence-corrected chi connectivity index (χ2v) is 4.81. The molecule has 2 atom stereocenters. The summed E-state index contributed by atoms with van der Waals surface area (Å²) in [5, 5.41) is 11.8. The fraction of sp³-hybridized carbons (Fsp3) is 0.267. The van der Waals surface area contributed by atoms with E-state index in [1.807, 2.05) is 30.3 Å². The highest BCUT2D eigenvalue weighted by atomic mass is 16.4. The van der Waals surface area contributed by atoms with E-state index in [1.54, 1.807) is 13.1 Å². The van der Waals surface area contributed by atoms with Crippen molar-refractivity contribution in [2.45, 2.75) is 25.3 Å². The smallest absolute Gasteiger partial charge is 0.326 e. The van der Waals surface area contributed by atoms with Crippen molar-refractivity contribution in [3.05, 3.63) is 54.1 Å². The Bertz CT molecular complexity index is 596. The average molecular weight is 287 g/mol. The molecule has 1 heterocycles. The molecule has 0 saturated heterocycles. The van der Waals surface area contributed by atoms with Gasteiger partial charge in [0.05, 0.1) is 12.2 Å². The third-order valence-electron chi connectivity index (χ3n) is 3.29. The highest BCUT2D eigenvalue weighted by Crippen LogP contribution is 2.15. The molecule has 6 nitrogen and oxygen atoms in total. The number of aromatic amines is 1. The Labute approximate surface area is 122 Å². The van der Waals surface area contributed by atoms with Gasteiger partial charge in [0, 0.05) is 18.3 Å². The van der Waals surface area contributed by atoms with E-state index in [1.165, 1.54) is 6.33 Å². The maximum Gasteiger partial charge on any atom is 0.326 e. The molecule has 0 aliphatic rings. The average Bonchev–Trinajstić information content (AvgIpc) is 2.99. The van der Waals surface area contributed by atoms with Crippen LogP contribution in [0.25, 0.3) is 0 Å². The van der Waals surface area contributed by atoms with Crippen molar-refractivity contribution in [2.24, 2.45) is 0 Å². The fourth-order valence-corrected chi connectivity index (χ4v) is 2.01. The topological polar surface area (TPSA) is 95.1 Å². The molecular formula is C15H17N3O3. The summed E-state index contributed by atoms with van der Waals surface area (Å²) in [5.74, 6) is -1.79. The number of carboxylic acid groups (broad SMARTS) is 1. The van der Waals surface area contributed by atoms with Crippen molar-refractivity contribution in [3.8, 4) is 0 Å². The highest BCUT2D eigenvalue weighted by molar-refractivity contribution is 5.87. The molecular weight excluding hydrogens is 270 g/mol. The van der Waals surface area contributed by atoms with Gasteiger partial charge < -0.3 is 15.4 Å². The first-order chi connectivity index (χ1) is 10.1. The van der Waals surface area contributed by atoms with Gasteiger partial charge in [-0.25, -0.2) is 9.78 Å². The van der Waals surface area contributed by atoms with Gasteiger partial charge in [-0.15, -0.1) is 0 Å². The molecule has 110 valence electrons. The van der Waals surface area contributed by atoms with Crippen LogP contribution >= 0.6 is 0 Å². The Hall–Kier alpha value is -2.63. The predicted molar refractivity (Wildman–Crippen MR) is 76.7 cm³/mol. The number of H-pyrrole nitrogens is 1. The van der Waals surface area contributed by atoms with Crippen LogP contribution in [0.2, 0.25) is 0 Å². The number of carbonyl (C=O) groups is 2. The van der Waals surface area contributed by atoms with Gasteiger partial charge in [0.25, 0.3) is 0 Å². The van der Waals surface area contributed by atoms with E-state index in [0.29, 0.717) is 5.69 Å². The molecule has 2 unspecified atom stereocenters. The van der Waals surface area contributed by atoms with Crippen LogP contribution in [0.5, 0.6) is 0 Å². The quantitative estimate of drug-likeness (QED) is 0.747. The summed E-state index contributed by atoms with van der Waals surface area (Å²) in [6.07, 6.45) is 3.19. The Morgan fingerprint density at radius 3 is 2.62 bits per heavy atom. The Morgan fingerprint density at radius 1 is 1.33 bits per heavy atom. The van der Waals surface area contributed by atoms with Crippen LogP contribution < -0.4 is 5.32 Å². The summed E-state index contributed by atoms with van der Waals surface area (Å²) in [5.41, 5.74) is 1.51. The predicted octanol–water partition coefficient (Wildman–Crippen LogP) is 1.33. The summed E-state index contributed by atoms with van der Waals surface area (Å²) < 4.78 is 0. The Balaban J connectivity index is 2.03. The third kappa shape index (κ3) is 3.92. The standard InChI is InChI=1S/C15H17N3O3/c1-10(11-5-3-2-4-6-11)14(19)18-13(15(20)21)7-12-8-16-9-17-12/h2-6,8-10,13H,7H2,1H3,(H,16,17)(H,18,19)(H,20,21). The fourth-order valence-electron chi connectivity index (χ4n) is 2.01. The van der Waals surface area contributed by atoms with Crippen LogP contribution in [0, 0.1) is 0 Å². The number of carbonyl (C=O) groups excluding carboxylic acids is 1. The number of aliphatic carboxylic acids is 1. The molecule has 0 radical (unpaired) electrons. The maximum atomic E-state index is 12.2. The lowest BCUT2D eigenvalue weighted by Crippen LogP contribution is -2.44. The molecule has 3 N–H and O–H groups in total. The normalized spacial score (nSPS) is 13.4. The molecule has 6 heteroatoms. The molecule has 0 bridgehead atoms. The van der Waals surface area contributed by atoms with Crippen LogP contribution in [0.3, 0.4) is 0 Å². The lowest BCUT2D eigenvalue weighted by Gasteiger charge is -2.17. The van der Waals surface area contributed by atoms with Crippen molar-refractivity contribution >= 4 is 11.9 Å². The van der Waals surface area contributed by atoms with Crippen molar-refractivity contribution in [3.63, 3.8) is 0 Å². The lowest BCUT2D eigenvalue weighted by atomic mass is 10.00. The molecule has 2 aromatic rings. The molecule has 21 heavy (non-hydrogen) atoms. The maximum absolute atomic E-state index is 12.2. The molecule has 1 aromatic carbocycles. The van der Waals surface area contributed by atoms with Crippen molar-refractivity contribution < 1.29 is 14.7 Å². The van der Waals surface area contributed by atoms with Crippen LogP contribution in [0.4, 0.5) is 0 Å². The van der Waals surface area contributed by atoms with E-state index in [-0.39, 0.29) is 12.3 Å². The second kappa shape index (κ2) is 6.69. The van der Waals surface area contributed by atoms with E-state index in [0.717, 1.165) is 5.56 Å². The molecule has 2 rings (SSSR count). The van der Waals surface area contributed by atoms with Crippen LogP contribution in [0.15, 0.2) is 42.9 Å². The molecule has 1 aromatic heterocycles. The van der Waals surface area contributed by atoms with Crippen molar-refractivity contribution in [1.29, 1.82) is 0 Å². The van der Waals surface area contributed by atoms with Gasteiger partial charge in [0.15, 0.2) is 0 Å². The second-order valence-electron chi connectivity index (χ2n) is 4.81. The van der Waals surface area contributed by atoms with E-state index >= 15 is 0 Å². The van der Waals surface area contributed by atoms with E-state index in [4.69, 9.17) is 0 Å². The van der Waals surface area contributed by atoms with Gasteiger partial charge in [-0.1, -0.05) is 30.3 Å². The Morgan fingerprint density at radius 2 is 2.05 bits per heavy atom. The SMILES string of the molecule is CC(C(=O)NC(Cc1cnc[nH]1)C(=O)O)c1ccccc1. The first kappa shape index (κ1) is 14.8. The monoisotopic (exact) mass is 287 g/mol. The van der Waals surface area contributed by atoms with Crippen LogP contribution in [0.1, 0.15) is 24.1 Å². The van der Waals surface area contributed by atoms with Gasteiger partial charge in [-0.3, -0.25) is 4.79 Å². The summed E-state index contributed by atoms with van der Waals surface area (Å²) in [4.78, 5) is 30.1. The first-order valence-electron chi connectivity index (χ1n) is 6.63. The van der Waals surface area contributed by atoms with E-state index < -0.39 is 17.9 Å². The number of benzene rings is 1. The van der Waals surface area contributed by atoms with Gasteiger partial charge in [0.1, 0.15) is 6.04 Å². The molecule has 0 aliphatic carbocycles. The van der Waals surface area contributed by atoms with Crippen molar-refractivity contribution in [2.75, 3.05) is 0 Å². The molecule has 0 saturated carbocycles. The number of nitrogens with one attached hydrogen (secondary N) is 2. The minimum atomic E-state index is -1.07. The number of imidazole rings is 1. The number of amides is 1. The van der Waals surface area contributed by atoms with Crippen LogP contribution in [-0.4, -0.2) is 33.0 Å². The lowest BCUT2D eigenvalue weighted by molar-refractivity contribution is -0.142. The van der Waals surface area contributed by atoms with Crippen molar-refractivity contribution in [1.82, 2.24) is 15.3 Å². The van der Waals surface area contributed by atoms with E-state index in [2.05, 4.69) is 15.3 Å². The zero-order chi connectivity index (χ0) is 15.2. The summed E-state index contributed by atoms with van der Waals surface area (Å²) in [7, 11) is 0. The summed E-state index contributed by atoms with van der Waals surface area (Å²) in [6.45, 7) is 1.75. The Kier molecular flexibility index (Phi) is 4.71. The molecule has 0 fully saturated rings. The zero-order valence-electron chi connectivity index (χ0n) is 11.6. The number of carboxylic acids is 1. The highest BCUT2D eigenvalue weighted by Gasteiger charge is 2.24. The first-order valence-corrected chi connectivity index (χ1v) is 6.63. The number of rotatable bonds is 6. The van der Waals surface area contributed by atoms with Crippen LogP contribution in [-0.2, 0) is 16.0 Å². The number of hydrogen-bond donors (Lipinski definition) is 3. The van der Waals surface area contributed by atoms with E-state index in [9.17, 15) is 14.7 Å². The summed E-state index contributed by atoms with van der Waals surface area (Å²) in [6, 6.07) is 8.26. The van der Waals surface area contributed by atoms with Gasteiger partial charge in [-0.05, 0) is 12.5 Å². The minimum absolute atomic E-state index is 0.169. The zero-order valence-corrected chi connectivity index (χ0v) is 11.6. The number of hydrogen-bond acceptors (Lipinski definition) is 3. The van der Waals surface area contributed by atoms with Gasteiger partial charge in [0.2, 0.25) is 5.91 Å². The molecule has 0 aliphatic heterocycles. The van der Waals surface area contributed by atoms with Gasteiger partial charge >= 0.3 is 5.97 Å². The minimum Gasteiger partial charge on any atom is -0.480 e. The summed E-state index contributed by atoms with van der Waals surface area (Å²) >= 11 is 0. The largest absolute Gasteiger partial charge is 0.480 e. The van der Waals surface area contributed by atoms with Gasteiger partial charge in [-0.2, -0.15) is 0 Å². The number of aromatic nitrogens is 2. The number of nitrogens with zero attached hydrogens (tertiary/aromatic N) is 1. The molecule has 0 spiro atoms. The third-order valence-corrected chi connectivity index (χ3v) is 3.29. The molecule has 1 amide bonds.